The van der Waals surface area contributed by atoms with E-state index in [9.17, 15) is 8.42 Å². The Kier molecular flexibility index (Phi) is 4.37. The van der Waals surface area contributed by atoms with Gasteiger partial charge in [0.1, 0.15) is 0 Å². The standard InChI is InChI=1S/C19H23N3O2S/c23-25(24)21-14-19(22-25)10-5-11-20-18(19)13-15-6-4-9-17(12-15)16-7-2-1-3-8-16/h1-4,6-9,12,18,20-22H,5,10-11,13-14H2. The molecule has 1 spiro atoms. The second-order valence-electron chi connectivity index (χ2n) is 6.96. The minimum Gasteiger partial charge on any atom is -0.312 e. The maximum absolute atomic E-state index is 11.9. The molecule has 3 N–H and O–H groups in total. The molecule has 2 aromatic rings. The minimum atomic E-state index is -3.37. The van der Waals surface area contributed by atoms with Gasteiger partial charge in [-0.3, -0.25) is 0 Å². The van der Waals surface area contributed by atoms with Crippen LogP contribution in [0.25, 0.3) is 11.1 Å². The SMILES string of the molecule is O=S1(=O)NCC2(CCCNC2Cc2cccc(-c3ccccc3)c2)N1. The van der Waals surface area contributed by atoms with Gasteiger partial charge in [-0.1, -0.05) is 54.6 Å². The Balaban J connectivity index is 1.59. The average molecular weight is 357 g/mol. The van der Waals surface area contributed by atoms with Crippen LogP contribution >= 0.6 is 0 Å². The second-order valence-corrected chi connectivity index (χ2v) is 8.46. The van der Waals surface area contributed by atoms with E-state index in [0.29, 0.717) is 6.54 Å². The lowest BCUT2D eigenvalue weighted by Crippen LogP contribution is -2.63. The quantitative estimate of drug-likeness (QED) is 0.785. The van der Waals surface area contributed by atoms with E-state index in [1.54, 1.807) is 0 Å². The summed E-state index contributed by atoms with van der Waals surface area (Å²) in [7, 11) is -3.37. The first kappa shape index (κ1) is 16.7. The highest BCUT2D eigenvalue weighted by Gasteiger charge is 2.48. The van der Waals surface area contributed by atoms with E-state index >= 15 is 0 Å². The zero-order chi connectivity index (χ0) is 17.3. The molecule has 6 heteroatoms. The molecule has 0 saturated carbocycles. The second kappa shape index (κ2) is 6.53. The molecule has 25 heavy (non-hydrogen) atoms. The van der Waals surface area contributed by atoms with Crippen LogP contribution in [0.5, 0.6) is 0 Å². The van der Waals surface area contributed by atoms with E-state index in [4.69, 9.17) is 0 Å². The summed E-state index contributed by atoms with van der Waals surface area (Å²) < 4.78 is 29.3. The van der Waals surface area contributed by atoms with Crippen LogP contribution in [0.3, 0.4) is 0 Å². The van der Waals surface area contributed by atoms with Crippen molar-refractivity contribution in [3.05, 3.63) is 60.2 Å². The van der Waals surface area contributed by atoms with E-state index in [0.717, 1.165) is 25.8 Å². The van der Waals surface area contributed by atoms with Crippen LogP contribution in [0.2, 0.25) is 0 Å². The lowest BCUT2D eigenvalue weighted by atomic mass is 9.80. The molecule has 2 aliphatic heterocycles. The predicted octanol–water partition coefficient (Wildman–Crippen LogP) is 1.82. The van der Waals surface area contributed by atoms with Gasteiger partial charge in [-0.05, 0) is 42.5 Å². The summed E-state index contributed by atoms with van der Waals surface area (Å²) in [5.41, 5.74) is 3.16. The fourth-order valence-electron chi connectivity index (χ4n) is 3.96. The van der Waals surface area contributed by atoms with Crippen molar-refractivity contribution in [3.8, 4) is 11.1 Å². The van der Waals surface area contributed by atoms with Crippen LogP contribution < -0.4 is 14.8 Å². The molecule has 0 aromatic heterocycles. The molecule has 2 aromatic carbocycles. The molecule has 0 radical (unpaired) electrons. The van der Waals surface area contributed by atoms with Gasteiger partial charge in [-0.2, -0.15) is 13.1 Å². The monoisotopic (exact) mass is 357 g/mol. The van der Waals surface area contributed by atoms with E-state index in [1.165, 1.54) is 16.7 Å². The van der Waals surface area contributed by atoms with E-state index in [2.05, 4.69) is 51.2 Å². The van der Waals surface area contributed by atoms with Crippen LogP contribution in [0.4, 0.5) is 0 Å². The fraction of sp³-hybridized carbons (Fsp3) is 0.368. The Hall–Kier alpha value is -1.73. The van der Waals surface area contributed by atoms with Crippen LogP contribution in [-0.4, -0.2) is 33.1 Å². The van der Waals surface area contributed by atoms with Gasteiger partial charge in [0, 0.05) is 12.6 Å². The molecule has 2 fully saturated rings. The Bertz CT molecular complexity index is 854. The number of nitrogens with one attached hydrogen (secondary N) is 3. The minimum absolute atomic E-state index is 0.0806. The van der Waals surface area contributed by atoms with Gasteiger partial charge in [-0.25, -0.2) is 4.72 Å². The Labute approximate surface area is 149 Å². The molecule has 0 bridgehead atoms. The van der Waals surface area contributed by atoms with Crippen LogP contribution in [-0.2, 0) is 16.6 Å². The van der Waals surface area contributed by atoms with Crippen LogP contribution in [0.15, 0.2) is 54.6 Å². The summed E-state index contributed by atoms with van der Waals surface area (Å²) in [6.07, 6.45) is 2.63. The summed E-state index contributed by atoms with van der Waals surface area (Å²) in [6.45, 7) is 1.37. The van der Waals surface area contributed by atoms with E-state index in [1.807, 2.05) is 18.2 Å². The molecule has 0 aliphatic carbocycles. The molecule has 2 unspecified atom stereocenters. The Morgan fingerprint density at radius 3 is 2.60 bits per heavy atom. The van der Waals surface area contributed by atoms with Crippen molar-refractivity contribution in [1.29, 1.82) is 0 Å². The van der Waals surface area contributed by atoms with Gasteiger partial charge in [0.15, 0.2) is 0 Å². The highest BCUT2D eigenvalue weighted by atomic mass is 32.2. The first-order chi connectivity index (χ1) is 12.1. The maximum Gasteiger partial charge on any atom is 0.277 e. The molecule has 2 heterocycles. The predicted molar refractivity (Wildman–Crippen MR) is 99.4 cm³/mol. The van der Waals surface area contributed by atoms with Crippen LogP contribution in [0, 0.1) is 0 Å². The number of piperidine rings is 1. The fourth-order valence-corrected chi connectivity index (χ4v) is 5.33. The molecular weight excluding hydrogens is 334 g/mol. The third-order valence-electron chi connectivity index (χ3n) is 5.25. The number of hydrogen-bond acceptors (Lipinski definition) is 3. The largest absolute Gasteiger partial charge is 0.312 e. The lowest BCUT2D eigenvalue weighted by molar-refractivity contribution is 0.223. The molecule has 5 nitrogen and oxygen atoms in total. The van der Waals surface area contributed by atoms with Crippen LogP contribution in [0.1, 0.15) is 18.4 Å². The Morgan fingerprint density at radius 1 is 1.04 bits per heavy atom. The van der Waals surface area contributed by atoms with Crippen molar-refractivity contribution >= 4 is 10.2 Å². The zero-order valence-corrected chi connectivity index (χ0v) is 14.9. The summed E-state index contributed by atoms with van der Waals surface area (Å²) in [5, 5.41) is 3.53. The van der Waals surface area contributed by atoms with Crippen molar-refractivity contribution < 1.29 is 8.42 Å². The van der Waals surface area contributed by atoms with Gasteiger partial charge < -0.3 is 5.32 Å². The van der Waals surface area contributed by atoms with Gasteiger partial charge in [0.2, 0.25) is 0 Å². The number of benzene rings is 2. The number of hydrogen-bond donors (Lipinski definition) is 3. The van der Waals surface area contributed by atoms with Gasteiger partial charge in [0.05, 0.1) is 5.54 Å². The molecule has 0 amide bonds. The molecular formula is C19H23N3O2S. The molecule has 2 atom stereocenters. The highest BCUT2D eigenvalue weighted by molar-refractivity contribution is 7.87. The summed E-state index contributed by atoms with van der Waals surface area (Å²) in [6, 6.07) is 18.9. The normalized spacial score (nSPS) is 28.2. The van der Waals surface area contributed by atoms with Crippen molar-refractivity contribution in [1.82, 2.24) is 14.8 Å². The number of rotatable bonds is 3. The van der Waals surface area contributed by atoms with Gasteiger partial charge in [-0.15, -0.1) is 0 Å². The van der Waals surface area contributed by atoms with Gasteiger partial charge in [0.25, 0.3) is 10.2 Å². The van der Waals surface area contributed by atoms with Crippen molar-refractivity contribution in [2.75, 3.05) is 13.1 Å². The molecule has 4 rings (SSSR count). The molecule has 2 saturated heterocycles. The van der Waals surface area contributed by atoms with E-state index in [-0.39, 0.29) is 6.04 Å². The topological polar surface area (TPSA) is 70.2 Å². The zero-order valence-electron chi connectivity index (χ0n) is 14.0. The first-order valence-electron chi connectivity index (χ1n) is 8.73. The summed E-state index contributed by atoms with van der Waals surface area (Å²) in [5.74, 6) is 0. The summed E-state index contributed by atoms with van der Waals surface area (Å²) in [4.78, 5) is 0. The smallest absolute Gasteiger partial charge is 0.277 e. The Morgan fingerprint density at radius 2 is 1.84 bits per heavy atom. The highest BCUT2D eigenvalue weighted by Crippen LogP contribution is 2.29. The third-order valence-corrected chi connectivity index (χ3v) is 6.45. The third kappa shape index (κ3) is 3.48. The van der Waals surface area contributed by atoms with Crippen molar-refractivity contribution in [2.45, 2.75) is 30.8 Å². The van der Waals surface area contributed by atoms with Crippen molar-refractivity contribution in [2.24, 2.45) is 0 Å². The maximum atomic E-state index is 11.9. The molecule has 2 aliphatic rings. The first-order valence-corrected chi connectivity index (χ1v) is 10.2. The lowest BCUT2D eigenvalue weighted by Gasteiger charge is -2.40. The van der Waals surface area contributed by atoms with Gasteiger partial charge >= 0.3 is 0 Å². The van der Waals surface area contributed by atoms with E-state index < -0.39 is 15.7 Å². The summed E-state index contributed by atoms with van der Waals surface area (Å²) >= 11 is 0. The molecule has 132 valence electrons. The van der Waals surface area contributed by atoms with Crippen molar-refractivity contribution in [3.63, 3.8) is 0 Å². The average Bonchev–Trinajstić information content (AvgIpc) is 2.94.